The first kappa shape index (κ1) is 23.1. The third kappa shape index (κ3) is 3.93. The van der Waals surface area contributed by atoms with Crippen LogP contribution in [-0.4, -0.2) is 20.7 Å². The molecular weight excluding hydrogens is 450 g/mol. The van der Waals surface area contributed by atoms with Crippen molar-refractivity contribution >= 4 is 16.7 Å². The first-order valence-corrected chi connectivity index (χ1v) is 10.2. The summed E-state index contributed by atoms with van der Waals surface area (Å²) in [4.78, 5) is 20.9. The molecule has 2 heterocycles. The Kier molecular flexibility index (Phi) is 5.21. The number of nitrogens with one attached hydrogen (secondary N) is 1. The van der Waals surface area contributed by atoms with Crippen LogP contribution in [0.15, 0.2) is 35.3 Å². The zero-order valence-electron chi connectivity index (χ0n) is 17.9. The second-order valence-electron chi connectivity index (χ2n) is 8.31. The number of rotatable bonds is 4. The smallest absolute Gasteiger partial charge is 0.363 e. The molecule has 1 aromatic carbocycles. The van der Waals surface area contributed by atoms with Gasteiger partial charge in [0.05, 0.1) is 22.5 Å². The minimum atomic E-state index is -4.61. The maximum atomic E-state index is 13.6. The summed E-state index contributed by atoms with van der Waals surface area (Å²) in [5.41, 5.74) is -3.32. The number of pyridine rings is 1. The van der Waals surface area contributed by atoms with Crippen LogP contribution < -0.4 is 10.9 Å². The van der Waals surface area contributed by atoms with Gasteiger partial charge in [0.2, 0.25) is 0 Å². The lowest BCUT2D eigenvalue weighted by Crippen LogP contribution is -2.41. The minimum Gasteiger partial charge on any atom is -0.363 e. The van der Waals surface area contributed by atoms with Crippen LogP contribution in [-0.2, 0) is 11.7 Å². The van der Waals surface area contributed by atoms with Gasteiger partial charge in [0.25, 0.3) is 5.56 Å². The Hall–Kier alpha value is -3.11. The summed E-state index contributed by atoms with van der Waals surface area (Å²) in [6.45, 7) is 4.53. The van der Waals surface area contributed by atoms with Gasteiger partial charge in [-0.15, -0.1) is 0 Å². The van der Waals surface area contributed by atoms with Crippen LogP contribution in [0.3, 0.4) is 0 Å². The molecule has 11 heteroatoms. The van der Waals surface area contributed by atoms with E-state index >= 15 is 0 Å². The van der Waals surface area contributed by atoms with Crippen molar-refractivity contribution in [2.45, 2.75) is 57.5 Å². The number of hydrogen-bond donors (Lipinski definition) is 1. The Bertz CT molecular complexity index is 1290. The zero-order valence-corrected chi connectivity index (χ0v) is 17.9. The van der Waals surface area contributed by atoms with Crippen molar-refractivity contribution in [1.29, 1.82) is 0 Å². The predicted octanol–water partition coefficient (Wildman–Crippen LogP) is 5.65. The Labute approximate surface area is 184 Å². The molecule has 4 rings (SSSR count). The van der Waals surface area contributed by atoms with Gasteiger partial charge in [0.1, 0.15) is 17.2 Å². The molecule has 1 saturated carbocycles. The molecule has 3 aromatic rings. The topological polar surface area (TPSA) is 59.8 Å². The van der Waals surface area contributed by atoms with E-state index in [-0.39, 0.29) is 41.0 Å². The molecule has 1 atom stereocenters. The Morgan fingerprint density at radius 3 is 2.33 bits per heavy atom. The summed E-state index contributed by atoms with van der Waals surface area (Å²) in [7, 11) is 0. The standard InChI is InChI=1S/C22H20F6N4O/c1-11-14(5-4-6-16(11)21(23,24)25)12(2)29-19-15-10-32(20(7-8-20)22(26,27)28)18(33)9-17(15)30-13(3)31-19/h4-6,9-10,12H,7-8H2,1-3H3,(H,29,30,31)/t12-/m1/s1. The number of anilines is 1. The quantitative estimate of drug-likeness (QED) is 0.501. The van der Waals surface area contributed by atoms with Crippen molar-refractivity contribution in [3.05, 3.63) is 63.3 Å². The molecule has 1 N–H and O–H groups in total. The van der Waals surface area contributed by atoms with E-state index in [2.05, 4.69) is 15.3 Å². The number of alkyl halides is 6. The number of aromatic nitrogens is 3. The summed E-state index contributed by atoms with van der Waals surface area (Å²) >= 11 is 0. The SMILES string of the molecule is Cc1nc(N[C@H](C)c2cccc(C(F)(F)F)c2C)c2cn(C3(C(F)(F)F)CC3)c(=O)cc2n1. The van der Waals surface area contributed by atoms with E-state index in [1.807, 2.05) is 0 Å². The summed E-state index contributed by atoms with van der Waals surface area (Å²) < 4.78 is 81.5. The molecule has 1 aliphatic rings. The van der Waals surface area contributed by atoms with E-state index in [4.69, 9.17) is 0 Å². The van der Waals surface area contributed by atoms with Gasteiger partial charge in [-0.25, -0.2) is 9.97 Å². The van der Waals surface area contributed by atoms with Gasteiger partial charge in [-0.2, -0.15) is 26.3 Å². The fourth-order valence-corrected chi connectivity index (χ4v) is 4.16. The first-order chi connectivity index (χ1) is 15.2. The van der Waals surface area contributed by atoms with Gasteiger partial charge in [-0.05, 0) is 50.8 Å². The van der Waals surface area contributed by atoms with Crippen molar-refractivity contribution in [3.8, 4) is 0 Å². The van der Waals surface area contributed by atoms with Gasteiger partial charge in [-0.1, -0.05) is 12.1 Å². The highest BCUT2D eigenvalue weighted by Crippen LogP contribution is 2.54. The van der Waals surface area contributed by atoms with Gasteiger partial charge in [0, 0.05) is 12.3 Å². The summed E-state index contributed by atoms with van der Waals surface area (Å²) in [5.74, 6) is 0.389. The molecule has 0 aliphatic heterocycles. The van der Waals surface area contributed by atoms with Crippen LogP contribution >= 0.6 is 0 Å². The molecular formula is C22H20F6N4O. The molecule has 0 spiro atoms. The monoisotopic (exact) mass is 470 g/mol. The fourth-order valence-electron chi connectivity index (χ4n) is 4.16. The lowest BCUT2D eigenvalue weighted by Gasteiger charge is -2.24. The molecule has 2 aromatic heterocycles. The van der Waals surface area contributed by atoms with Gasteiger partial charge in [-0.3, -0.25) is 9.36 Å². The Balaban J connectivity index is 1.81. The second kappa shape index (κ2) is 7.46. The molecule has 1 aliphatic carbocycles. The van der Waals surface area contributed by atoms with Crippen LogP contribution in [0.25, 0.3) is 10.9 Å². The van der Waals surface area contributed by atoms with Crippen molar-refractivity contribution in [1.82, 2.24) is 14.5 Å². The predicted molar refractivity (Wildman–Crippen MR) is 110 cm³/mol. The lowest BCUT2D eigenvalue weighted by molar-refractivity contribution is -0.180. The maximum Gasteiger partial charge on any atom is 0.416 e. The van der Waals surface area contributed by atoms with E-state index in [1.54, 1.807) is 13.8 Å². The molecule has 0 saturated heterocycles. The van der Waals surface area contributed by atoms with E-state index in [0.717, 1.165) is 18.3 Å². The minimum absolute atomic E-state index is 0.0333. The van der Waals surface area contributed by atoms with Crippen molar-refractivity contribution < 1.29 is 26.3 Å². The van der Waals surface area contributed by atoms with E-state index < -0.39 is 35.1 Å². The molecule has 0 radical (unpaired) electrons. The molecule has 5 nitrogen and oxygen atoms in total. The molecule has 33 heavy (non-hydrogen) atoms. The lowest BCUT2D eigenvalue weighted by atomic mass is 9.97. The third-order valence-corrected chi connectivity index (χ3v) is 6.06. The number of fused-ring (bicyclic) bond motifs is 1. The van der Waals surface area contributed by atoms with Crippen molar-refractivity contribution in [3.63, 3.8) is 0 Å². The molecule has 0 unspecified atom stereocenters. The highest BCUT2D eigenvalue weighted by molar-refractivity contribution is 5.88. The highest BCUT2D eigenvalue weighted by atomic mass is 19.4. The molecule has 176 valence electrons. The third-order valence-electron chi connectivity index (χ3n) is 6.06. The van der Waals surface area contributed by atoms with Crippen molar-refractivity contribution in [2.75, 3.05) is 5.32 Å². The zero-order chi connectivity index (χ0) is 24.3. The largest absolute Gasteiger partial charge is 0.416 e. The highest BCUT2D eigenvalue weighted by Gasteiger charge is 2.65. The van der Waals surface area contributed by atoms with E-state index in [9.17, 15) is 31.1 Å². The normalized spacial score (nSPS) is 16.6. The van der Waals surface area contributed by atoms with E-state index in [1.165, 1.54) is 19.1 Å². The average Bonchev–Trinajstić information content (AvgIpc) is 3.48. The summed E-state index contributed by atoms with van der Waals surface area (Å²) in [6.07, 6.45) is -8.46. The van der Waals surface area contributed by atoms with Crippen LogP contribution in [0.5, 0.6) is 0 Å². The Morgan fingerprint density at radius 1 is 1.09 bits per heavy atom. The number of nitrogens with zero attached hydrogens (tertiary/aromatic N) is 3. The number of halogens is 6. The molecule has 1 fully saturated rings. The Morgan fingerprint density at radius 2 is 1.76 bits per heavy atom. The van der Waals surface area contributed by atoms with Crippen LogP contribution in [0.2, 0.25) is 0 Å². The van der Waals surface area contributed by atoms with Gasteiger partial charge >= 0.3 is 12.4 Å². The van der Waals surface area contributed by atoms with E-state index in [0.29, 0.717) is 10.1 Å². The number of benzene rings is 1. The number of hydrogen-bond acceptors (Lipinski definition) is 4. The van der Waals surface area contributed by atoms with Crippen LogP contribution in [0.4, 0.5) is 32.2 Å². The van der Waals surface area contributed by atoms with Crippen LogP contribution in [0.1, 0.15) is 48.3 Å². The van der Waals surface area contributed by atoms with Gasteiger partial charge in [0.15, 0.2) is 0 Å². The number of aryl methyl sites for hydroxylation is 1. The second-order valence-corrected chi connectivity index (χ2v) is 8.31. The molecule has 0 bridgehead atoms. The summed E-state index contributed by atoms with van der Waals surface area (Å²) in [6, 6.07) is 4.19. The first-order valence-electron chi connectivity index (χ1n) is 10.2. The summed E-state index contributed by atoms with van der Waals surface area (Å²) in [5, 5.41) is 3.18. The van der Waals surface area contributed by atoms with Gasteiger partial charge < -0.3 is 5.32 Å². The average molecular weight is 470 g/mol. The maximum absolute atomic E-state index is 13.6. The van der Waals surface area contributed by atoms with Crippen LogP contribution in [0, 0.1) is 13.8 Å². The fraction of sp³-hybridized carbons (Fsp3) is 0.409. The molecule has 0 amide bonds. The van der Waals surface area contributed by atoms with Crippen molar-refractivity contribution in [2.24, 2.45) is 0 Å².